The van der Waals surface area contributed by atoms with Gasteiger partial charge in [-0.15, -0.1) is 0 Å². The number of nitrogens with zero attached hydrogens (tertiary/aromatic N) is 1. The fourth-order valence-corrected chi connectivity index (χ4v) is 0.727. The molecule has 0 atom stereocenters. The van der Waals surface area contributed by atoms with Crippen molar-refractivity contribution in [2.24, 2.45) is 0 Å². The van der Waals surface area contributed by atoms with Crippen LogP contribution in [0.4, 0.5) is 0 Å². The van der Waals surface area contributed by atoms with Gasteiger partial charge in [0.1, 0.15) is 5.15 Å². The van der Waals surface area contributed by atoms with Crippen molar-refractivity contribution in [3.8, 4) is 0 Å². The highest BCUT2D eigenvalue weighted by Gasteiger charge is 1.89. The highest BCUT2D eigenvalue weighted by atomic mass is 35.5. The smallest absolute Gasteiger partial charge is 0.156 e. The minimum Gasteiger partial charge on any atom is -0.245 e. The molecule has 0 saturated heterocycles. The van der Waals surface area contributed by atoms with Crippen LogP contribution in [0.5, 0.6) is 0 Å². The molecular formula is C6H7BClN. The lowest BCUT2D eigenvalue weighted by atomic mass is 9.74. The van der Waals surface area contributed by atoms with Crippen molar-refractivity contribution in [1.82, 2.24) is 4.98 Å². The Labute approximate surface area is 60.3 Å². The van der Waals surface area contributed by atoms with Crippen molar-refractivity contribution in [2.45, 2.75) is 6.82 Å². The molecule has 1 aromatic heterocycles. The molecule has 0 aliphatic rings. The summed E-state index contributed by atoms with van der Waals surface area (Å²) in [5.74, 6) is 0. The molecule has 0 aliphatic carbocycles. The second kappa shape index (κ2) is 2.88. The van der Waals surface area contributed by atoms with Crippen LogP contribution in [-0.2, 0) is 0 Å². The number of pyridine rings is 1. The van der Waals surface area contributed by atoms with Gasteiger partial charge in [-0.3, -0.25) is 0 Å². The first-order chi connectivity index (χ1) is 4.33. The van der Waals surface area contributed by atoms with Crippen LogP contribution in [-0.4, -0.2) is 12.3 Å². The van der Waals surface area contributed by atoms with Gasteiger partial charge in [-0.1, -0.05) is 30.0 Å². The van der Waals surface area contributed by atoms with Crippen molar-refractivity contribution in [3.63, 3.8) is 0 Å². The Balaban J connectivity index is 2.88. The molecule has 3 heteroatoms. The number of halogens is 1. The number of hydrogen-bond acceptors (Lipinski definition) is 1. The summed E-state index contributed by atoms with van der Waals surface area (Å²) in [6.45, 7) is 2.09. The van der Waals surface area contributed by atoms with Crippen LogP contribution in [0.25, 0.3) is 0 Å². The first-order valence-corrected chi connectivity index (χ1v) is 3.31. The van der Waals surface area contributed by atoms with E-state index in [0.717, 1.165) is 7.28 Å². The van der Waals surface area contributed by atoms with E-state index in [2.05, 4.69) is 11.8 Å². The maximum atomic E-state index is 5.56. The van der Waals surface area contributed by atoms with E-state index in [0.29, 0.717) is 5.15 Å². The topological polar surface area (TPSA) is 12.9 Å². The molecule has 1 heterocycles. The van der Waals surface area contributed by atoms with Crippen molar-refractivity contribution in [2.75, 3.05) is 0 Å². The SMILES string of the molecule is CBc1ccc(Cl)nc1. The van der Waals surface area contributed by atoms with Crippen molar-refractivity contribution >= 4 is 24.3 Å². The van der Waals surface area contributed by atoms with Crippen LogP contribution in [0.2, 0.25) is 12.0 Å². The molecule has 1 rings (SSSR count). The van der Waals surface area contributed by atoms with Gasteiger partial charge in [-0.2, -0.15) is 0 Å². The molecule has 0 saturated carbocycles. The Bertz CT molecular complexity index is 185. The molecule has 9 heavy (non-hydrogen) atoms. The van der Waals surface area contributed by atoms with Crippen LogP contribution < -0.4 is 5.46 Å². The van der Waals surface area contributed by atoms with E-state index in [1.807, 2.05) is 6.07 Å². The third-order valence-corrected chi connectivity index (χ3v) is 1.42. The van der Waals surface area contributed by atoms with Gasteiger partial charge in [0, 0.05) is 6.20 Å². The van der Waals surface area contributed by atoms with E-state index in [4.69, 9.17) is 11.6 Å². The summed E-state index contributed by atoms with van der Waals surface area (Å²) in [5, 5.41) is 0.562. The van der Waals surface area contributed by atoms with Crippen molar-refractivity contribution in [1.29, 1.82) is 0 Å². The van der Waals surface area contributed by atoms with Gasteiger partial charge in [-0.05, 0) is 6.07 Å². The largest absolute Gasteiger partial charge is 0.245 e. The predicted octanol–water partition coefficient (Wildman–Crippen LogP) is 0.845. The lowest BCUT2D eigenvalue weighted by Crippen LogP contribution is -2.09. The Morgan fingerprint density at radius 2 is 2.33 bits per heavy atom. The maximum Gasteiger partial charge on any atom is 0.156 e. The second-order valence-corrected chi connectivity index (χ2v) is 2.23. The highest BCUT2D eigenvalue weighted by molar-refractivity contribution is 6.51. The quantitative estimate of drug-likeness (QED) is 0.415. The number of aromatic nitrogens is 1. The average molecular weight is 139 g/mol. The molecule has 0 N–H and O–H groups in total. The van der Waals surface area contributed by atoms with Gasteiger partial charge >= 0.3 is 0 Å². The van der Waals surface area contributed by atoms with Gasteiger partial charge in [0.15, 0.2) is 7.28 Å². The van der Waals surface area contributed by atoms with Crippen LogP contribution in [0.3, 0.4) is 0 Å². The zero-order valence-electron chi connectivity index (χ0n) is 5.26. The summed E-state index contributed by atoms with van der Waals surface area (Å²) in [6, 6.07) is 3.79. The standard InChI is InChI=1S/C6H7BClN/c1-7-5-2-3-6(8)9-4-5/h2-4,7H,1H3. The lowest BCUT2D eigenvalue weighted by molar-refractivity contribution is 1.35. The summed E-state index contributed by atoms with van der Waals surface area (Å²) in [4.78, 5) is 3.92. The molecule has 1 nitrogen and oxygen atoms in total. The molecule has 0 radical (unpaired) electrons. The Kier molecular flexibility index (Phi) is 2.12. The summed E-state index contributed by atoms with van der Waals surface area (Å²) >= 11 is 5.56. The molecule has 0 fully saturated rings. The molecular weight excluding hydrogens is 132 g/mol. The van der Waals surface area contributed by atoms with E-state index >= 15 is 0 Å². The molecule has 0 unspecified atom stereocenters. The monoisotopic (exact) mass is 139 g/mol. The van der Waals surface area contributed by atoms with Crippen molar-refractivity contribution in [3.05, 3.63) is 23.5 Å². The molecule has 0 aromatic carbocycles. The van der Waals surface area contributed by atoms with Crippen LogP contribution >= 0.6 is 11.6 Å². The van der Waals surface area contributed by atoms with E-state index in [1.54, 1.807) is 12.3 Å². The number of hydrogen-bond donors (Lipinski definition) is 0. The minimum atomic E-state index is 0.562. The molecule has 0 aliphatic heterocycles. The third-order valence-electron chi connectivity index (χ3n) is 1.20. The fraction of sp³-hybridized carbons (Fsp3) is 0.167. The second-order valence-electron chi connectivity index (χ2n) is 1.84. The molecule has 0 spiro atoms. The summed E-state index contributed by atoms with van der Waals surface area (Å²) in [7, 11) is 1.02. The normalized spacial score (nSPS) is 9.11. The van der Waals surface area contributed by atoms with E-state index < -0.39 is 0 Å². The zero-order valence-corrected chi connectivity index (χ0v) is 6.02. The summed E-state index contributed by atoms with van der Waals surface area (Å²) in [5.41, 5.74) is 1.22. The molecule has 0 bridgehead atoms. The average Bonchev–Trinajstić information content (AvgIpc) is 1.90. The molecule has 46 valence electrons. The third kappa shape index (κ3) is 1.72. The van der Waals surface area contributed by atoms with Gasteiger partial charge in [0.05, 0.1) is 0 Å². The van der Waals surface area contributed by atoms with Gasteiger partial charge in [0.25, 0.3) is 0 Å². The molecule has 0 amide bonds. The van der Waals surface area contributed by atoms with Crippen LogP contribution in [0, 0.1) is 0 Å². The number of rotatable bonds is 1. The Morgan fingerprint density at radius 3 is 2.78 bits per heavy atom. The van der Waals surface area contributed by atoms with Gasteiger partial charge in [-0.25, -0.2) is 4.98 Å². The highest BCUT2D eigenvalue weighted by Crippen LogP contribution is 1.97. The minimum absolute atomic E-state index is 0.562. The first-order valence-electron chi connectivity index (χ1n) is 2.93. The van der Waals surface area contributed by atoms with Crippen LogP contribution in [0.15, 0.2) is 18.3 Å². The zero-order chi connectivity index (χ0) is 6.69. The Hall–Kier alpha value is -0.495. The molecule has 1 aromatic rings. The predicted molar refractivity (Wildman–Crippen MR) is 41.9 cm³/mol. The van der Waals surface area contributed by atoms with E-state index in [9.17, 15) is 0 Å². The van der Waals surface area contributed by atoms with Gasteiger partial charge in [0.2, 0.25) is 0 Å². The van der Waals surface area contributed by atoms with E-state index in [1.165, 1.54) is 5.46 Å². The van der Waals surface area contributed by atoms with Gasteiger partial charge < -0.3 is 0 Å². The van der Waals surface area contributed by atoms with Crippen molar-refractivity contribution < 1.29 is 0 Å². The van der Waals surface area contributed by atoms with Crippen LogP contribution in [0.1, 0.15) is 0 Å². The Morgan fingerprint density at radius 1 is 1.56 bits per heavy atom. The lowest BCUT2D eigenvalue weighted by Gasteiger charge is -1.91. The first kappa shape index (κ1) is 6.62. The summed E-state index contributed by atoms with van der Waals surface area (Å²) < 4.78 is 0. The maximum absolute atomic E-state index is 5.56. The summed E-state index contributed by atoms with van der Waals surface area (Å²) in [6.07, 6.45) is 1.79. The van der Waals surface area contributed by atoms with E-state index in [-0.39, 0.29) is 0 Å². The fourth-order valence-electron chi connectivity index (χ4n) is 0.616.